The minimum atomic E-state index is 0.0191. The zero-order valence-electron chi connectivity index (χ0n) is 7.13. The third-order valence-corrected chi connectivity index (χ3v) is 1.73. The lowest BCUT2D eigenvalue weighted by molar-refractivity contribution is -0.120. The molecule has 12 heavy (non-hydrogen) atoms. The van der Waals surface area contributed by atoms with E-state index in [-0.39, 0.29) is 5.91 Å². The van der Waals surface area contributed by atoms with Gasteiger partial charge in [-0.2, -0.15) is 0 Å². The van der Waals surface area contributed by atoms with Gasteiger partial charge in [-0.05, 0) is 19.2 Å². The summed E-state index contributed by atoms with van der Waals surface area (Å²) in [4.78, 5) is 14.7. The van der Waals surface area contributed by atoms with Gasteiger partial charge in [-0.15, -0.1) is 0 Å². The van der Waals surface area contributed by atoms with E-state index in [4.69, 9.17) is 0 Å². The molecule has 1 heterocycles. The van der Waals surface area contributed by atoms with Gasteiger partial charge in [0, 0.05) is 6.54 Å². The van der Waals surface area contributed by atoms with E-state index in [1.807, 2.05) is 19.1 Å². The maximum Gasteiger partial charge on any atom is 0.226 e. The topological polar surface area (TPSA) is 41.5 Å². The van der Waals surface area contributed by atoms with Crippen LogP contribution in [0.4, 0.5) is 0 Å². The number of rotatable bonds is 2. The second-order valence-electron chi connectivity index (χ2n) is 2.58. The highest BCUT2D eigenvalue weighted by Gasteiger charge is 2.14. The summed E-state index contributed by atoms with van der Waals surface area (Å²) in [6.07, 6.45) is 4.23. The molecule has 1 aliphatic heterocycles. The Morgan fingerprint density at radius 3 is 3.00 bits per heavy atom. The van der Waals surface area contributed by atoms with Gasteiger partial charge in [-0.25, -0.2) is 0 Å². The summed E-state index contributed by atoms with van der Waals surface area (Å²) in [5.74, 6) is 0.0191. The van der Waals surface area contributed by atoms with E-state index < -0.39 is 0 Å². The van der Waals surface area contributed by atoms with Gasteiger partial charge in [0.05, 0.1) is 12.1 Å². The van der Waals surface area contributed by atoms with E-state index in [1.54, 1.807) is 0 Å². The lowest BCUT2D eigenvalue weighted by Crippen LogP contribution is -2.30. The molecule has 0 bridgehead atoms. The Bertz CT molecular complexity index is 264. The number of carbonyl (C=O) groups is 1. The number of nitrogens with one attached hydrogen (secondary N) is 1. The molecule has 0 unspecified atom stereocenters. The first-order valence-corrected chi connectivity index (χ1v) is 3.86. The van der Waals surface area contributed by atoms with Crippen LogP contribution in [0.3, 0.4) is 0 Å². The van der Waals surface area contributed by atoms with Crippen molar-refractivity contribution < 1.29 is 4.79 Å². The molecule has 3 heteroatoms. The van der Waals surface area contributed by atoms with E-state index in [9.17, 15) is 4.79 Å². The van der Waals surface area contributed by atoms with Crippen molar-refractivity contribution in [3.8, 4) is 0 Å². The highest BCUT2D eigenvalue weighted by atomic mass is 16.1. The smallest absolute Gasteiger partial charge is 0.226 e. The Balaban J connectivity index is 2.90. The van der Waals surface area contributed by atoms with Gasteiger partial charge in [0.15, 0.2) is 0 Å². The van der Waals surface area contributed by atoms with Crippen molar-refractivity contribution in [1.82, 2.24) is 5.32 Å². The average Bonchev–Trinajstić information content (AvgIpc) is 2.08. The first-order valence-electron chi connectivity index (χ1n) is 3.86. The standard InChI is InChI=1S/C9H12N2O/c1-3-4-7-6-11-9(12)5-8(7)10-2/h3-4H,2,5-6H2,1H3,(H,11,12)/b4-3-. The predicted octanol–water partition coefficient (Wildman–Crippen LogP) is 1.04. The van der Waals surface area contributed by atoms with Gasteiger partial charge in [0.2, 0.25) is 5.91 Å². The molecule has 1 N–H and O–H groups in total. The van der Waals surface area contributed by atoms with Gasteiger partial charge in [-0.1, -0.05) is 12.2 Å². The number of amides is 1. The lowest BCUT2D eigenvalue weighted by Gasteiger charge is -2.15. The molecule has 0 aromatic carbocycles. The van der Waals surface area contributed by atoms with Crippen LogP contribution in [-0.4, -0.2) is 19.2 Å². The molecule has 1 amide bonds. The predicted molar refractivity (Wildman–Crippen MR) is 49.0 cm³/mol. The third kappa shape index (κ3) is 1.81. The van der Waals surface area contributed by atoms with Crippen LogP contribution in [0.1, 0.15) is 13.3 Å². The molecule has 3 nitrogen and oxygen atoms in total. The molecule has 1 aliphatic rings. The Morgan fingerprint density at radius 1 is 1.67 bits per heavy atom. The van der Waals surface area contributed by atoms with Crippen molar-refractivity contribution in [3.63, 3.8) is 0 Å². The Labute approximate surface area is 71.9 Å². The number of aliphatic imine (C=N–C) groups is 1. The molecule has 0 aromatic rings. The van der Waals surface area contributed by atoms with Crippen LogP contribution in [-0.2, 0) is 4.79 Å². The molecule has 0 aliphatic carbocycles. The van der Waals surface area contributed by atoms with Crippen LogP contribution in [0.2, 0.25) is 0 Å². The van der Waals surface area contributed by atoms with Gasteiger partial charge in [0.1, 0.15) is 0 Å². The highest BCUT2D eigenvalue weighted by molar-refractivity contribution is 5.81. The number of hydrogen-bond donors (Lipinski definition) is 1. The fourth-order valence-electron chi connectivity index (χ4n) is 1.14. The van der Waals surface area contributed by atoms with Gasteiger partial charge < -0.3 is 5.32 Å². The highest BCUT2D eigenvalue weighted by Crippen LogP contribution is 2.14. The first kappa shape index (κ1) is 8.71. The summed E-state index contributed by atoms with van der Waals surface area (Å²) < 4.78 is 0. The third-order valence-electron chi connectivity index (χ3n) is 1.73. The van der Waals surface area contributed by atoms with Crippen LogP contribution >= 0.6 is 0 Å². The summed E-state index contributed by atoms with van der Waals surface area (Å²) >= 11 is 0. The Hall–Kier alpha value is -1.38. The maximum absolute atomic E-state index is 10.9. The van der Waals surface area contributed by atoms with Crippen molar-refractivity contribution in [3.05, 3.63) is 23.4 Å². The zero-order valence-corrected chi connectivity index (χ0v) is 7.13. The number of nitrogens with zero attached hydrogens (tertiary/aromatic N) is 1. The van der Waals surface area contributed by atoms with E-state index in [2.05, 4.69) is 17.0 Å². The molecule has 64 valence electrons. The van der Waals surface area contributed by atoms with Crippen molar-refractivity contribution in [2.24, 2.45) is 4.99 Å². The van der Waals surface area contributed by atoms with E-state index >= 15 is 0 Å². The SMILES string of the molecule is C=NC1=C(/C=C\C)CNC(=O)C1. The fraction of sp³-hybridized carbons (Fsp3) is 0.333. The zero-order chi connectivity index (χ0) is 8.97. The summed E-state index contributed by atoms with van der Waals surface area (Å²) in [5, 5.41) is 2.75. The molecule has 0 spiro atoms. The average molecular weight is 164 g/mol. The monoisotopic (exact) mass is 164 g/mol. The number of allylic oxidation sites excluding steroid dienone is 1. The van der Waals surface area contributed by atoms with Gasteiger partial charge >= 0.3 is 0 Å². The minimum absolute atomic E-state index is 0.0191. The Kier molecular flexibility index (Phi) is 2.80. The van der Waals surface area contributed by atoms with Crippen LogP contribution in [0.15, 0.2) is 28.4 Å². The summed E-state index contributed by atoms with van der Waals surface area (Å²) in [7, 11) is 0. The molecule has 0 aromatic heterocycles. The quantitative estimate of drug-likeness (QED) is 0.609. The van der Waals surface area contributed by atoms with Crippen LogP contribution < -0.4 is 5.32 Å². The molecule has 0 atom stereocenters. The molecule has 1 rings (SSSR count). The van der Waals surface area contributed by atoms with Crippen LogP contribution in [0, 0.1) is 0 Å². The number of carbonyl (C=O) groups excluding carboxylic acids is 1. The first-order chi connectivity index (χ1) is 5.77. The summed E-state index contributed by atoms with van der Waals surface area (Å²) in [6, 6.07) is 0. The van der Waals surface area contributed by atoms with E-state index in [1.165, 1.54) is 0 Å². The molecular formula is C9H12N2O. The molecule has 0 saturated heterocycles. The second-order valence-corrected chi connectivity index (χ2v) is 2.58. The van der Waals surface area contributed by atoms with Crippen LogP contribution in [0.5, 0.6) is 0 Å². The molecule has 0 fully saturated rings. The fourth-order valence-corrected chi connectivity index (χ4v) is 1.14. The molecular weight excluding hydrogens is 152 g/mol. The lowest BCUT2D eigenvalue weighted by atomic mass is 10.1. The van der Waals surface area contributed by atoms with Crippen molar-refractivity contribution in [1.29, 1.82) is 0 Å². The maximum atomic E-state index is 10.9. The van der Waals surface area contributed by atoms with Crippen molar-refractivity contribution >= 4 is 12.6 Å². The minimum Gasteiger partial charge on any atom is -0.352 e. The van der Waals surface area contributed by atoms with Gasteiger partial charge in [-0.3, -0.25) is 9.79 Å². The van der Waals surface area contributed by atoms with E-state index in [0.29, 0.717) is 13.0 Å². The number of hydrogen-bond acceptors (Lipinski definition) is 2. The second kappa shape index (κ2) is 3.85. The van der Waals surface area contributed by atoms with Crippen LogP contribution in [0.25, 0.3) is 0 Å². The van der Waals surface area contributed by atoms with Gasteiger partial charge in [0.25, 0.3) is 0 Å². The largest absolute Gasteiger partial charge is 0.352 e. The molecule has 0 radical (unpaired) electrons. The molecule has 0 saturated carbocycles. The van der Waals surface area contributed by atoms with Crippen molar-refractivity contribution in [2.45, 2.75) is 13.3 Å². The van der Waals surface area contributed by atoms with Crippen molar-refractivity contribution in [2.75, 3.05) is 6.54 Å². The summed E-state index contributed by atoms with van der Waals surface area (Å²) in [6.45, 7) is 5.93. The Morgan fingerprint density at radius 2 is 2.42 bits per heavy atom. The normalized spacial score (nSPS) is 18.2. The van der Waals surface area contributed by atoms with E-state index in [0.717, 1.165) is 11.3 Å². The summed E-state index contributed by atoms with van der Waals surface area (Å²) in [5.41, 5.74) is 1.84.